The smallest absolute Gasteiger partial charge is 0.284 e. The van der Waals surface area contributed by atoms with Crippen molar-refractivity contribution < 1.29 is 18.3 Å². The lowest BCUT2D eigenvalue weighted by Gasteiger charge is -2.36. The lowest BCUT2D eigenvalue weighted by molar-refractivity contribution is -0.00545. The number of anilines is 2. The topological polar surface area (TPSA) is 89.6 Å². The SMILES string of the molecule is CC[C@H]1CC[C@H](n2cc(NC(=O)c3cnn4ccc(N5C[C@@H](C)O[C@H](C)C5)nc34)c(C(F)F)n2)CC1. The second-order valence-electron chi connectivity index (χ2n) is 10.0. The van der Waals surface area contributed by atoms with Gasteiger partial charge >= 0.3 is 0 Å². The van der Waals surface area contributed by atoms with Crippen molar-refractivity contribution in [1.82, 2.24) is 24.4 Å². The van der Waals surface area contributed by atoms with Gasteiger partial charge in [-0.05, 0) is 51.5 Å². The molecule has 0 spiro atoms. The summed E-state index contributed by atoms with van der Waals surface area (Å²) in [5.41, 5.74) is 0.185. The van der Waals surface area contributed by atoms with Crippen LogP contribution in [0, 0.1) is 5.92 Å². The van der Waals surface area contributed by atoms with Gasteiger partial charge < -0.3 is 15.0 Å². The number of rotatable bonds is 6. The Hall–Kier alpha value is -3.08. The van der Waals surface area contributed by atoms with Crippen LogP contribution in [0.5, 0.6) is 0 Å². The molecule has 1 saturated carbocycles. The van der Waals surface area contributed by atoms with E-state index >= 15 is 0 Å². The summed E-state index contributed by atoms with van der Waals surface area (Å²) in [6.07, 6.45) is 7.05. The largest absolute Gasteiger partial charge is 0.372 e. The van der Waals surface area contributed by atoms with Crippen LogP contribution in [0.1, 0.15) is 81.4 Å². The molecule has 36 heavy (non-hydrogen) atoms. The van der Waals surface area contributed by atoms with E-state index in [0.29, 0.717) is 30.5 Å². The highest BCUT2D eigenvalue weighted by molar-refractivity contribution is 6.08. The van der Waals surface area contributed by atoms with Gasteiger partial charge in [-0.15, -0.1) is 0 Å². The molecule has 2 atom stereocenters. The third kappa shape index (κ3) is 4.93. The zero-order chi connectivity index (χ0) is 25.4. The van der Waals surface area contributed by atoms with Crippen LogP contribution in [-0.4, -0.2) is 55.6 Å². The number of alkyl halides is 2. The molecule has 1 aliphatic heterocycles. The summed E-state index contributed by atoms with van der Waals surface area (Å²) in [6.45, 7) is 7.56. The van der Waals surface area contributed by atoms with Gasteiger partial charge in [-0.25, -0.2) is 18.3 Å². The first-order valence-corrected chi connectivity index (χ1v) is 12.8. The van der Waals surface area contributed by atoms with Crippen LogP contribution in [0.15, 0.2) is 24.7 Å². The highest BCUT2D eigenvalue weighted by Crippen LogP contribution is 2.36. The predicted molar refractivity (Wildman–Crippen MR) is 132 cm³/mol. The standard InChI is InChI=1S/C25H33F2N7O2/c1-4-17-5-7-18(8-6-17)34-14-20(22(31-34)23(26)27)29-25(35)19-11-28-33-10-9-21(30-24(19)33)32-12-15(2)36-16(3)13-32/h9-11,14-18,23H,4-8,12-13H2,1-3H3,(H,29,35)/t15-,16-,17-,18-/m1/s1. The van der Waals surface area contributed by atoms with E-state index in [9.17, 15) is 13.6 Å². The van der Waals surface area contributed by atoms with Crippen LogP contribution < -0.4 is 10.2 Å². The number of ether oxygens (including phenoxy) is 1. The van der Waals surface area contributed by atoms with E-state index in [1.807, 2.05) is 19.9 Å². The molecule has 11 heteroatoms. The number of nitrogens with zero attached hydrogens (tertiary/aromatic N) is 6. The van der Waals surface area contributed by atoms with Gasteiger partial charge in [0.05, 0.1) is 30.1 Å². The molecular formula is C25H33F2N7O2. The van der Waals surface area contributed by atoms with Crippen molar-refractivity contribution in [2.24, 2.45) is 5.92 Å². The molecule has 3 aromatic heterocycles. The van der Waals surface area contributed by atoms with Gasteiger partial charge in [0.15, 0.2) is 11.3 Å². The summed E-state index contributed by atoms with van der Waals surface area (Å²) in [6, 6.07) is 1.91. The van der Waals surface area contributed by atoms with Crippen LogP contribution in [0.4, 0.5) is 20.3 Å². The minimum Gasteiger partial charge on any atom is -0.372 e. The molecule has 1 saturated heterocycles. The molecule has 0 radical (unpaired) electrons. The van der Waals surface area contributed by atoms with Gasteiger partial charge in [0.25, 0.3) is 12.3 Å². The molecular weight excluding hydrogens is 468 g/mol. The normalized spacial score (nSPS) is 25.0. The summed E-state index contributed by atoms with van der Waals surface area (Å²) in [4.78, 5) is 20.0. The lowest BCUT2D eigenvalue weighted by atomic mass is 9.85. The Morgan fingerprint density at radius 1 is 1.19 bits per heavy atom. The number of amides is 1. The van der Waals surface area contributed by atoms with Crippen molar-refractivity contribution in [1.29, 1.82) is 0 Å². The third-order valence-electron chi connectivity index (χ3n) is 7.33. The number of hydrogen-bond acceptors (Lipinski definition) is 6. The first-order chi connectivity index (χ1) is 17.3. The minimum atomic E-state index is -2.80. The molecule has 9 nitrogen and oxygen atoms in total. The number of fused-ring (bicyclic) bond motifs is 1. The number of carbonyl (C=O) groups is 1. The summed E-state index contributed by atoms with van der Waals surface area (Å²) < 4.78 is 36.6. The van der Waals surface area contributed by atoms with Crippen LogP contribution in [0.3, 0.4) is 0 Å². The van der Waals surface area contributed by atoms with Crippen molar-refractivity contribution in [2.45, 2.75) is 77.6 Å². The van der Waals surface area contributed by atoms with Gasteiger partial charge in [0, 0.05) is 25.5 Å². The Morgan fingerprint density at radius 2 is 1.92 bits per heavy atom. The predicted octanol–water partition coefficient (Wildman–Crippen LogP) is 4.87. The number of halogens is 2. The highest BCUT2D eigenvalue weighted by atomic mass is 19.3. The summed E-state index contributed by atoms with van der Waals surface area (Å²) in [5, 5.41) is 11.0. The van der Waals surface area contributed by atoms with Crippen molar-refractivity contribution in [3.05, 3.63) is 35.9 Å². The summed E-state index contributed by atoms with van der Waals surface area (Å²) in [7, 11) is 0. The molecule has 0 bridgehead atoms. The van der Waals surface area contributed by atoms with Crippen molar-refractivity contribution >= 4 is 23.1 Å². The maximum atomic E-state index is 13.8. The van der Waals surface area contributed by atoms with Gasteiger partial charge in [-0.1, -0.05) is 13.3 Å². The molecule has 1 N–H and O–H groups in total. The van der Waals surface area contributed by atoms with Crippen molar-refractivity contribution in [3.8, 4) is 0 Å². The first-order valence-electron chi connectivity index (χ1n) is 12.8. The summed E-state index contributed by atoms with van der Waals surface area (Å²) in [5.74, 6) is 0.847. The van der Waals surface area contributed by atoms with Crippen LogP contribution in [0.2, 0.25) is 0 Å². The molecule has 194 valence electrons. The number of carbonyl (C=O) groups excluding carboxylic acids is 1. The summed E-state index contributed by atoms with van der Waals surface area (Å²) >= 11 is 0. The van der Waals surface area contributed by atoms with Gasteiger partial charge in [0.2, 0.25) is 0 Å². The van der Waals surface area contributed by atoms with Crippen molar-refractivity contribution in [3.63, 3.8) is 0 Å². The maximum absolute atomic E-state index is 13.8. The zero-order valence-corrected chi connectivity index (χ0v) is 20.9. The molecule has 1 aliphatic carbocycles. The Kier molecular flexibility index (Phi) is 6.92. The number of morpholine rings is 1. The molecule has 2 aliphatic rings. The first kappa shape index (κ1) is 24.6. The number of hydrogen-bond donors (Lipinski definition) is 1. The zero-order valence-electron chi connectivity index (χ0n) is 20.9. The quantitative estimate of drug-likeness (QED) is 0.518. The molecule has 0 aromatic carbocycles. The van der Waals surface area contributed by atoms with Gasteiger partial charge in [-0.3, -0.25) is 9.48 Å². The monoisotopic (exact) mass is 501 g/mol. The number of aromatic nitrogens is 5. The Labute approximate surface area is 208 Å². The Balaban J connectivity index is 1.38. The molecule has 5 rings (SSSR count). The fourth-order valence-corrected chi connectivity index (χ4v) is 5.42. The Bertz CT molecular complexity index is 1210. The van der Waals surface area contributed by atoms with E-state index in [4.69, 9.17) is 4.74 Å². The lowest BCUT2D eigenvalue weighted by Crippen LogP contribution is -2.45. The van der Waals surface area contributed by atoms with E-state index in [0.717, 1.165) is 32.1 Å². The third-order valence-corrected chi connectivity index (χ3v) is 7.33. The van der Waals surface area contributed by atoms with E-state index in [2.05, 4.69) is 32.3 Å². The second-order valence-corrected chi connectivity index (χ2v) is 10.0. The molecule has 0 unspecified atom stereocenters. The average molecular weight is 502 g/mol. The van der Waals surface area contributed by atoms with Gasteiger partial charge in [0.1, 0.15) is 11.4 Å². The molecule has 2 fully saturated rings. The highest BCUT2D eigenvalue weighted by Gasteiger charge is 2.28. The molecule has 1 amide bonds. The van der Waals surface area contributed by atoms with Gasteiger partial charge in [-0.2, -0.15) is 10.2 Å². The Morgan fingerprint density at radius 3 is 2.58 bits per heavy atom. The fourth-order valence-electron chi connectivity index (χ4n) is 5.42. The van der Waals surface area contributed by atoms with Crippen LogP contribution in [0.25, 0.3) is 5.65 Å². The van der Waals surface area contributed by atoms with Crippen molar-refractivity contribution in [2.75, 3.05) is 23.3 Å². The van der Waals surface area contributed by atoms with E-state index < -0.39 is 18.0 Å². The number of nitrogens with one attached hydrogen (secondary N) is 1. The average Bonchev–Trinajstić information content (AvgIpc) is 3.47. The molecule has 4 heterocycles. The van der Waals surface area contributed by atoms with E-state index in [1.165, 1.54) is 16.9 Å². The minimum absolute atomic E-state index is 0.0268. The van der Waals surface area contributed by atoms with E-state index in [1.54, 1.807) is 10.9 Å². The second kappa shape index (κ2) is 10.1. The van der Waals surface area contributed by atoms with Crippen LogP contribution >= 0.6 is 0 Å². The maximum Gasteiger partial charge on any atom is 0.284 e. The van der Waals surface area contributed by atoms with E-state index in [-0.39, 0.29) is 29.5 Å². The fraction of sp³-hybridized carbons (Fsp3) is 0.600. The van der Waals surface area contributed by atoms with Crippen LogP contribution in [-0.2, 0) is 4.74 Å². The molecule has 3 aromatic rings.